The fourth-order valence-corrected chi connectivity index (χ4v) is 2.27. The van der Waals surface area contributed by atoms with Gasteiger partial charge in [-0.2, -0.15) is 0 Å². The van der Waals surface area contributed by atoms with Crippen LogP contribution in [0.25, 0.3) is 0 Å². The minimum Gasteiger partial charge on any atom is -0.444 e. The molecule has 0 bridgehead atoms. The number of nitrogens with zero attached hydrogens (tertiary/aromatic N) is 2. The van der Waals surface area contributed by atoms with E-state index < -0.39 is 5.60 Å². The number of amides is 1. The number of rotatable bonds is 1. The standard InChI is InChI=1S/C15H22FN3O2/c1-15(2,3)21-14(20)19-8-6-18(7-9-19)13-5-4-11(16)10-12(13)17/h4-5,10H,6-9,17H2,1-3H3. The smallest absolute Gasteiger partial charge is 0.410 e. The van der Waals surface area contributed by atoms with Crippen LogP contribution in [0.15, 0.2) is 18.2 Å². The second-order valence-electron chi connectivity index (χ2n) is 6.16. The molecule has 1 saturated heterocycles. The molecular formula is C15H22FN3O2. The van der Waals surface area contributed by atoms with Gasteiger partial charge in [-0.3, -0.25) is 0 Å². The molecule has 116 valence electrons. The lowest BCUT2D eigenvalue weighted by atomic mass is 10.2. The predicted molar refractivity (Wildman–Crippen MR) is 80.8 cm³/mol. The van der Waals surface area contributed by atoms with Gasteiger partial charge in [0.1, 0.15) is 11.4 Å². The van der Waals surface area contributed by atoms with Gasteiger partial charge in [-0.15, -0.1) is 0 Å². The fraction of sp³-hybridized carbons (Fsp3) is 0.533. The van der Waals surface area contributed by atoms with E-state index in [-0.39, 0.29) is 11.9 Å². The van der Waals surface area contributed by atoms with Gasteiger partial charge in [0, 0.05) is 26.2 Å². The zero-order valence-electron chi connectivity index (χ0n) is 12.7. The Bertz CT molecular complexity index is 520. The molecule has 0 radical (unpaired) electrons. The molecule has 1 aromatic carbocycles. The highest BCUT2D eigenvalue weighted by molar-refractivity contribution is 5.70. The molecule has 0 spiro atoms. The van der Waals surface area contributed by atoms with Crippen LogP contribution in [0, 0.1) is 5.82 Å². The Labute approximate surface area is 124 Å². The summed E-state index contributed by atoms with van der Waals surface area (Å²) in [4.78, 5) is 15.7. The third-order valence-electron chi connectivity index (χ3n) is 3.26. The first kappa shape index (κ1) is 15.4. The number of nitrogens with two attached hydrogens (primary N) is 1. The number of carbonyl (C=O) groups excluding carboxylic acids is 1. The summed E-state index contributed by atoms with van der Waals surface area (Å²) in [6.07, 6.45) is -0.297. The summed E-state index contributed by atoms with van der Waals surface area (Å²) in [5, 5.41) is 0. The van der Waals surface area contributed by atoms with Gasteiger partial charge in [0.15, 0.2) is 0 Å². The Balaban J connectivity index is 1.95. The molecule has 21 heavy (non-hydrogen) atoms. The lowest BCUT2D eigenvalue weighted by Crippen LogP contribution is -2.50. The highest BCUT2D eigenvalue weighted by atomic mass is 19.1. The number of hydrogen-bond donors (Lipinski definition) is 1. The summed E-state index contributed by atoms with van der Waals surface area (Å²) in [6.45, 7) is 7.96. The summed E-state index contributed by atoms with van der Waals surface area (Å²) in [5.41, 5.74) is 6.58. The summed E-state index contributed by atoms with van der Waals surface area (Å²) in [5.74, 6) is -0.344. The molecule has 0 aromatic heterocycles. The average Bonchev–Trinajstić information content (AvgIpc) is 2.37. The van der Waals surface area contributed by atoms with Crippen molar-refractivity contribution >= 4 is 17.5 Å². The van der Waals surface area contributed by atoms with Crippen molar-refractivity contribution in [1.29, 1.82) is 0 Å². The van der Waals surface area contributed by atoms with Crippen LogP contribution in [0.2, 0.25) is 0 Å². The minimum absolute atomic E-state index is 0.297. The number of nitrogen functional groups attached to an aromatic ring is 1. The molecule has 0 saturated carbocycles. The summed E-state index contributed by atoms with van der Waals surface area (Å²) >= 11 is 0. The zero-order valence-corrected chi connectivity index (χ0v) is 12.7. The minimum atomic E-state index is -0.490. The normalized spacial score (nSPS) is 16.0. The Morgan fingerprint density at radius 3 is 2.38 bits per heavy atom. The monoisotopic (exact) mass is 295 g/mol. The molecule has 1 fully saturated rings. The van der Waals surface area contributed by atoms with E-state index in [0.717, 1.165) is 5.69 Å². The van der Waals surface area contributed by atoms with E-state index in [9.17, 15) is 9.18 Å². The maximum atomic E-state index is 13.1. The quantitative estimate of drug-likeness (QED) is 0.809. The Morgan fingerprint density at radius 1 is 1.24 bits per heavy atom. The maximum absolute atomic E-state index is 13.1. The maximum Gasteiger partial charge on any atom is 0.410 e. The Hall–Kier alpha value is -1.98. The van der Waals surface area contributed by atoms with Gasteiger partial charge in [-0.05, 0) is 39.0 Å². The molecule has 1 aromatic rings. The number of hydrogen-bond acceptors (Lipinski definition) is 4. The van der Waals surface area contributed by atoms with Crippen LogP contribution in [0.1, 0.15) is 20.8 Å². The number of benzene rings is 1. The van der Waals surface area contributed by atoms with Gasteiger partial charge in [0.25, 0.3) is 0 Å². The van der Waals surface area contributed by atoms with E-state index >= 15 is 0 Å². The summed E-state index contributed by atoms with van der Waals surface area (Å²) < 4.78 is 18.4. The molecule has 1 heterocycles. The van der Waals surface area contributed by atoms with Crippen LogP contribution in [0.3, 0.4) is 0 Å². The molecule has 1 aliphatic heterocycles. The topological polar surface area (TPSA) is 58.8 Å². The molecule has 0 atom stereocenters. The second-order valence-corrected chi connectivity index (χ2v) is 6.16. The highest BCUT2D eigenvalue weighted by Crippen LogP contribution is 2.25. The lowest BCUT2D eigenvalue weighted by Gasteiger charge is -2.37. The largest absolute Gasteiger partial charge is 0.444 e. The van der Waals surface area contributed by atoms with Crippen molar-refractivity contribution in [2.45, 2.75) is 26.4 Å². The molecule has 2 rings (SSSR count). The van der Waals surface area contributed by atoms with Gasteiger partial charge < -0.3 is 20.3 Å². The highest BCUT2D eigenvalue weighted by Gasteiger charge is 2.26. The summed E-state index contributed by atoms with van der Waals surface area (Å²) in [7, 11) is 0. The molecule has 1 amide bonds. The van der Waals surface area contributed by atoms with Crippen LogP contribution in [-0.2, 0) is 4.74 Å². The van der Waals surface area contributed by atoms with Gasteiger partial charge in [0.05, 0.1) is 11.4 Å². The first-order valence-electron chi connectivity index (χ1n) is 7.04. The first-order valence-corrected chi connectivity index (χ1v) is 7.04. The third-order valence-corrected chi connectivity index (χ3v) is 3.26. The second kappa shape index (κ2) is 5.79. The molecule has 0 aliphatic carbocycles. The van der Waals surface area contributed by atoms with Crippen molar-refractivity contribution in [3.8, 4) is 0 Å². The van der Waals surface area contributed by atoms with Crippen LogP contribution < -0.4 is 10.6 Å². The first-order chi connectivity index (χ1) is 9.76. The van der Waals surface area contributed by atoms with E-state index in [0.29, 0.717) is 31.9 Å². The number of ether oxygens (including phenoxy) is 1. The van der Waals surface area contributed by atoms with Gasteiger partial charge >= 0.3 is 6.09 Å². The molecule has 5 nitrogen and oxygen atoms in total. The fourth-order valence-electron chi connectivity index (χ4n) is 2.27. The Kier molecular flexibility index (Phi) is 4.25. The van der Waals surface area contributed by atoms with Crippen molar-refractivity contribution in [3.05, 3.63) is 24.0 Å². The number of piperazine rings is 1. The van der Waals surface area contributed by atoms with Crippen molar-refractivity contribution in [1.82, 2.24) is 4.90 Å². The SMILES string of the molecule is CC(C)(C)OC(=O)N1CCN(c2ccc(F)cc2N)CC1. The number of anilines is 2. The van der Waals surface area contributed by atoms with E-state index in [1.807, 2.05) is 20.8 Å². The molecule has 0 unspecified atom stereocenters. The van der Waals surface area contributed by atoms with Crippen LogP contribution in [0.5, 0.6) is 0 Å². The summed E-state index contributed by atoms with van der Waals surface area (Å²) in [6, 6.07) is 4.38. The van der Waals surface area contributed by atoms with Crippen LogP contribution >= 0.6 is 0 Å². The van der Waals surface area contributed by atoms with Gasteiger partial charge in [0.2, 0.25) is 0 Å². The van der Waals surface area contributed by atoms with Gasteiger partial charge in [-0.25, -0.2) is 9.18 Å². The van der Waals surface area contributed by atoms with E-state index in [1.165, 1.54) is 12.1 Å². The predicted octanol–water partition coefficient (Wildman–Crippen LogP) is 2.47. The van der Waals surface area contributed by atoms with Crippen molar-refractivity contribution in [3.63, 3.8) is 0 Å². The average molecular weight is 295 g/mol. The van der Waals surface area contributed by atoms with Crippen LogP contribution in [0.4, 0.5) is 20.6 Å². The molecule has 2 N–H and O–H groups in total. The lowest BCUT2D eigenvalue weighted by molar-refractivity contribution is 0.0240. The zero-order chi connectivity index (χ0) is 15.6. The van der Waals surface area contributed by atoms with E-state index in [1.54, 1.807) is 11.0 Å². The van der Waals surface area contributed by atoms with Crippen molar-refractivity contribution < 1.29 is 13.9 Å². The van der Waals surface area contributed by atoms with E-state index in [4.69, 9.17) is 10.5 Å². The molecule has 6 heteroatoms. The number of carbonyl (C=O) groups is 1. The Morgan fingerprint density at radius 2 is 1.86 bits per heavy atom. The van der Waals surface area contributed by atoms with Gasteiger partial charge in [-0.1, -0.05) is 0 Å². The van der Waals surface area contributed by atoms with Crippen LogP contribution in [-0.4, -0.2) is 42.8 Å². The molecular weight excluding hydrogens is 273 g/mol. The van der Waals surface area contributed by atoms with E-state index in [2.05, 4.69) is 4.90 Å². The van der Waals surface area contributed by atoms with Crippen molar-refractivity contribution in [2.24, 2.45) is 0 Å². The third kappa shape index (κ3) is 4.00. The van der Waals surface area contributed by atoms with Crippen molar-refractivity contribution in [2.75, 3.05) is 36.8 Å². The number of halogens is 1. The molecule has 1 aliphatic rings.